The van der Waals surface area contributed by atoms with Crippen LogP contribution in [0.4, 0.5) is 27.7 Å². The number of nitrogen functional groups attached to an aromatic ring is 2. The van der Waals surface area contributed by atoms with Crippen LogP contribution in [-0.4, -0.2) is 9.97 Å². The fourth-order valence-electron chi connectivity index (χ4n) is 1.47. The third-order valence-corrected chi connectivity index (χ3v) is 2.90. The first-order valence-electron chi connectivity index (χ1n) is 5.08. The van der Waals surface area contributed by atoms with Crippen molar-refractivity contribution in [3.8, 4) is 0 Å². The van der Waals surface area contributed by atoms with Crippen LogP contribution in [-0.2, 0) is 0 Å². The first-order chi connectivity index (χ1) is 8.45. The lowest BCUT2D eigenvalue weighted by Crippen LogP contribution is -2.03. The molecule has 0 saturated heterocycles. The molecule has 1 aromatic carbocycles. The minimum atomic E-state index is -0.320. The lowest BCUT2D eigenvalue weighted by atomic mass is 10.2. The smallest absolute Gasteiger partial charge is 0.223 e. The average molecular weight is 312 g/mol. The molecular weight excluding hydrogens is 301 g/mol. The van der Waals surface area contributed by atoms with E-state index in [0.717, 1.165) is 5.56 Å². The van der Waals surface area contributed by atoms with Gasteiger partial charge in [0.25, 0.3) is 0 Å². The van der Waals surface area contributed by atoms with Crippen molar-refractivity contribution in [1.82, 2.24) is 9.97 Å². The van der Waals surface area contributed by atoms with Crippen molar-refractivity contribution in [3.63, 3.8) is 0 Å². The van der Waals surface area contributed by atoms with Crippen LogP contribution in [0.2, 0.25) is 0 Å². The summed E-state index contributed by atoms with van der Waals surface area (Å²) in [5.41, 5.74) is 12.5. The highest BCUT2D eigenvalue weighted by Gasteiger charge is 2.07. The molecule has 0 aliphatic rings. The topological polar surface area (TPSA) is 89.8 Å². The molecule has 0 saturated carbocycles. The number of aryl methyl sites for hydroxylation is 1. The molecule has 1 aromatic heterocycles. The molecule has 94 valence electrons. The van der Waals surface area contributed by atoms with Crippen molar-refractivity contribution in [2.45, 2.75) is 6.92 Å². The van der Waals surface area contributed by atoms with Gasteiger partial charge in [-0.3, -0.25) is 0 Å². The summed E-state index contributed by atoms with van der Waals surface area (Å²) >= 11 is 3.13. The summed E-state index contributed by atoms with van der Waals surface area (Å²) in [5.74, 6) is 0.488. The predicted octanol–water partition coefficient (Wildman–Crippen LogP) is 2.59. The Bertz CT molecular complexity index is 582. The molecule has 5 nitrogen and oxygen atoms in total. The van der Waals surface area contributed by atoms with Crippen molar-refractivity contribution in [1.29, 1.82) is 0 Å². The van der Waals surface area contributed by atoms with Gasteiger partial charge >= 0.3 is 0 Å². The average Bonchev–Trinajstić information content (AvgIpc) is 2.24. The van der Waals surface area contributed by atoms with Gasteiger partial charge in [0.2, 0.25) is 5.95 Å². The molecule has 0 atom stereocenters. The van der Waals surface area contributed by atoms with Crippen molar-refractivity contribution >= 4 is 39.2 Å². The van der Waals surface area contributed by atoms with E-state index < -0.39 is 0 Å². The maximum atomic E-state index is 13.3. The van der Waals surface area contributed by atoms with Gasteiger partial charge in [-0.2, -0.15) is 9.97 Å². The largest absolute Gasteiger partial charge is 0.383 e. The Balaban J connectivity index is 2.36. The van der Waals surface area contributed by atoms with Crippen LogP contribution in [0, 0.1) is 12.7 Å². The van der Waals surface area contributed by atoms with Crippen LogP contribution in [0.3, 0.4) is 0 Å². The summed E-state index contributed by atoms with van der Waals surface area (Å²) in [6, 6.07) is 4.59. The number of rotatable bonds is 2. The number of nitrogens with two attached hydrogens (primary N) is 2. The Morgan fingerprint density at radius 3 is 2.61 bits per heavy atom. The molecule has 2 aromatic rings. The van der Waals surface area contributed by atoms with Gasteiger partial charge in [0.1, 0.15) is 17.5 Å². The number of benzene rings is 1. The summed E-state index contributed by atoms with van der Waals surface area (Å²) in [4.78, 5) is 7.75. The van der Waals surface area contributed by atoms with Gasteiger partial charge in [-0.15, -0.1) is 0 Å². The van der Waals surface area contributed by atoms with Gasteiger partial charge < -0.3 is 16.8 Å². The highest BCUT2D eigenvalue weighted by Crippen LogP contribution is 2.26. The monoisotopic (exact) mass is 311 g/mol. The molecule has 0 radical (unpaired) electrons. The van der Waals surface area contributed by atoms with E-state index in [9.17, 15) is 4.39 Å². The Morgan fingerprint density at radius 2 is 1.94 bits per heavy atom. The molecule has 5 N–H and O–H groups in total. The molecular formula is C11H11BrFN5. The van der Waals surface area contributed by atoms with Crippen LogP contribution in [0.25, 0.3) is 0 Å². The van der Waals surface area contributed by atoms with E-state index in [1.165, 1.54) is 6.07 Å². The summed E-state index contributed by atoms with van der Waals surface area (Å²) < 4.78 is 13.7. The molecule has 0 amide bonds. The zero-order chi connectivity index (χ0) is 13.3. The standard InChI is InChI=1S/C11H11BrFN5/c1-5-2-7(13)6(12)3-8(5)16-10-4-9(14)17-11(15)18-10/h2-4H,1H3,(H5,14,15,16,17,18). The Kier molecular flexibility index (Phi) is 3.33. The predicted molar refractivity (Wildman–Crippen MR) is 73.0 cm³/mol. The second kappa shape index (κ2) is 4.77. The van der Waals surface area contributed by atoms with Crippen LogP contribution in [0.1, 0.15) is 5.56 Å². The molecule has 0 unspecified atom stereocenters. The van der Waals surface area contributed by atoms with Gasteiger partial charge in [-0.05, 0) is 40.5 Å². The lowest BCUT2D eigenvalue weighted by Gasteiger charge is -2.10. The summed E-state index contributed by atoms with van der Waals surface area (Å²) in [5, 5.41) is 3.01. The van der Waals surface area contributed by atoms with E-state index >= 15 is 0 Å². The number of nitrogens with one attached hydrogen (secondary N) is 1. The van der Waals surface area contributed by atoms with Crippen molar-refractivity contribution in [2.24, 2.45) is 0 Å². The van der Waals surface area contributed by atoms with E-state index in [4.69, 9.17) is 11.5 Å². The van der Waals surface area contributed by atoms with Crippen LogP contribution < -0.4 is 16.8 Å². The summed E-state index contributed by atoms with van der Waals surface area (Å²) in [6.45, 7) is 1.78. The quantitative estimate of drug-likeness (QED) is 0.793. The number of hydrogen-bond acceptors (Lipinski definition) is 5. The summed E-state index contributed by atoms with van der Waals surface area (Å²) in [7, 11) is 0. The maximum absolute atomic E-state index is 13.3. The van der Waals surface area contributed by atoms with E-state index in [2.05, 4.69) is 31.2 Å². The van der Waals surface area contributed by atoms with Gasteiger partial charge in [-0.1, -0.05) is 0 Å². The molecule has 0 aliphatic carbocycles. The van der Waals surface area contributed by atoms with Crippen molar-refractivity contribution < 1.29 is 4.39 Å². The Morgan fingerprint density at radius 1 is 1.22 bits per heavy atom. The zero-order valence-electron chi connectivity index (χ0n) is 9.54. The van der Waals surface area contributed by atoms with E-state index in [1.54, 1.807) is 19.1 Å². The normalized spacial score (nSPS) is 10.4. The first kappa shape index (κ1) is 12.6. The number of aromatic nitrogens is 2. The minimum absolute atomic E-state index is 0.0799. The van der Waals surface area contributed by atoms with Gasteiger partial charge in [0.05, 0.1) is 4.47 Å². The van der Waals surface area contributed by atoms with Gasteiger partial charge in [0.15, 0.2) is 0 Å². The molecule has 7 heteroatoms. The third-order valence-electron chi connectivity index (χ3n) is 2.29. The highest BCUT2D eigenvalue weighted by molar-refractivity contribution is 9.10. The minimum Gasteiger partial charge on any atom is -0.383 e. The number of hydrogen-bond donors (Lipinski definition) is 3. The molecule has 2 rings (SSSR count). The first-order valence-corrected chi connectivity index (χ1v) is 5.87. The second-order valence-electron chi connectivity index (χ2n) is 3.74. The lowest BCUT2D eigenvalue weighted by molar-refractivity contribution is 0.620. The molecule has 0 bridgehead atoms. The fraction of sp³-hybridized carbons (Fsp3) is 0.0909. The zero-order valence-corrected chi connectivity index (χ0v) is 11.1. The number of anilines is 4. The van der Waals surface area contributed by atoms with Crippen molar-refractivity contribution in [3.05, 3.63) is 34.1 Å². The van der Waals surface area contributed by atoms with E-state index in [0.29, 0.717) is 16.0 Å². The van der Waals surface area contributed by atoms with Gasteiger partial charge in [0, 0.05) is 11.8 Å². The fourth-order valence-corrected chi connectivity index (χ4v) is 1.81. The highest BCUT2D eigenvalue weighted by atomic mass is 79.9. The van der Waals surface area contributed by atoms with E-state index in [-0.39, 0.29) is 17.6 Å². The maximum Gasteiger partial charge on any atom is 0.223 e. The second-order valence-corrected chi connectivity index (χ2v) is 4.60. The molecule has 0 fully saturated rings. The number of nitrogens with zero attached hydrogens (tertiary/aromatic N) is 2. The number of halogens is 2. The third kappa shape index (κ3) is 2.67. The van der Waals surface area contributed by atoms with Crippen LogP contribution in [0.15, 0.2) is 22.7 Å². The summed E-state index contributed by atoms with van der Waals surface area (Å²) in [6.07, 6.45) is 0. The molecule has 0 aliphatic heterocycles. The van der Waals surface area contributed by atoms with Crippen LogP contribution >= 0.6 is 15.9 Å². The molecule has 1 heterocycles. The SMILES string of the molecule is Cc1cc(F)c(Br)cc1Nc1cc(N)nc(N)n1. The Hall–Kier alpha value is -1.89. The Labute approximate surface area is 112 Å². The van der Waals surface area contributed by atoms with E-state index in [1.807, 2.05) is 0 Å². The molecule has 18 heavy (non-hydrogen) atoms. The van der Waals surface area contributed by atoms with Crippen LogP contribution in [0.5, 0.6) is 0 Å². The van der Waals surface area contributed by atoms with Crippen molar-refractivity contribution in [2.75, 3.05) is 16.8 Å². The molecule has 0 spiro atoms. The van der Waals surface area contributed by atoms with Gasteiger partial charge in [-0.25, -0.2) is 4.39 Å².